The van der Waals surface area contributed by atoms with Crippen molar-refractivity contribution in [1.29, 1.82) is 0 Å². The van der Waals surface area contributed by atoms with Gasteiger partial charge in [0.25, 0.3) is 0 Å². The molecule has 3 rings (SSSR count). The standard InChI is InChI=1S/C45H58O13/c1-9-11-12-13-31-14-16-33(17-15-31)34-18-20-37(32(10-2)22-34)35-19-21-38(36(23-35)24-54-39(46)29(3)4)55-25-45(26-56-40(47)30(5)6,27-57-43(50)41(48)52-7)28-58-44(51)42(49)53-8/h18-23,31,33H,3,5,9-17,24-28H2,1-2,4,6-8H3. The number of aryl methyl sites for hydroxylation is 1. The van der Waals surface area contributed by atoms with Crippen molar-refractivity contribution in [2.75, 3.05) is 40.6 Å². The van der Waals surface area contributed by atoms with Crippen LogP contribution in [0.15, 0.2) is 60.7 Å². The molecule has 0 N–H and O–H groups in total. The summed E-state index contributed by atoms with van der Waals surface area (Å²) < 4.78 is 36.5. The third-order valence-electron chi connectivity index (χ3n) is 10.2. The molecule has 13 nitrogen and oxygen atoms in total. The summed E-state index contributed by atoms with van der Waals surface area (Å²) >= 11 is 0. The Morgan fingerprint density at radius 2 is 1.22 bits per heavy atom. The Morgan fingerprint density at radius 3 is 1.76 bits per heavy atom. The van der Waals surface area contributed by atoms with E-state index in [1.54, 1.807) is 6.07 Å². The van der Waals surface area contributed by atoms with Crippen LogP contribution in [0.5, 0.6) is 5.75 Å². The molecule has 0 spiro atoms. The Bertz CT molecular complexity index is 1770. The van der Waals surface area contributed by atoms with Gasteiger partial charge in [-0.2, -0.15) is 0 Å². The van der Waals surface area contributed by atoms with Crippen LogP contribution in [0.3, 0.4) is 0 Å². The monoisotopic (exact) mass is 806 g/mol. The third-order valence-corrected chi connectivity index (χ3v) is 10.2. The highest BCUT2D eigenvalue weighted by Gasteiger charge is 2.39. The number of ether oxygens (including phenoxy) is 7. The maximum Gasteiger partial charge on any atom is 0.417 e. The van der Waals surface area contributed by atoms with E-state index in [0.29, 0.717) is 11.5 Å². The summed E-state index contributed by atoms with van der Waals surface area (Å²) in [5.74, 6) is -5.31. The Morgan fingerprint density at radius 1 is 0.655 bits per heavy atom. The molecule has 0 saturated heterocycles. The molecular formula is C45H58O13. The zero-order valence-corrected chi connectivity index (χ0v) is 34.7. The first kappa shape index (κ1) is 46.9. The highest BCUT2D eigenvalue weighted by molar-refractivity contribution is 6.30. The molecule has 58 heavy (non-hydrogen) atoms. The first-order valence-electron chi connectivity index (χ1n) is 19.7. The number of unbranched alkanes of at least 4 members (excludes halogenated alkanes) is 2. The molecule has 0 aliphatic heterocycles. The molecule has 0 unspecified atom stereocenters. The van der Waals surface area contributed by atoms with E-state index in [4.69, 9.17) is 23.7 Å². The van der Waals surface area contributed by atoms with Crippen LogP contribution in [0.25, 0.3) is 11.1 Å². The molecule has 0 bridgehead atoms. The van der Waals surface area contributed by atoms with Crippen molar-refractivity contribution in [3.8, 4) is 16.9 Å². The first-order valence-corrected chi connectivity index (χ1v) is 19.7. The van der Waals surface area contributed by atoms with E-state index >= 15 is 0 Å². The number of carbonyl (C=O) groups excluding carboxylic acids is 6. The van der Waals surface area contributed by atoms with Crippen molar-refractivity contribution in [1.82, 2.24) is 0 Å². The van der Waals surface area contributed by atoms with Crippen molar-refractivity contribution in [2.45, 2.75) is 98.0 Å². The molecular weight excluding hydrogens is 748 g/mol. The van der Waals surface area contributed by atoms with Crippen molar-refractivity contribution in [2.24, 2.45) is 11.3 Å². The number of benzene rings is 2. The maximum atomic E-state index is 12.5. The van der Waals surface area contributed by atoms with Gasteiger partial charge in [-0.3, -0.25) is 0 Å². The first-order chi connectivity index (χ1) is 27.7. The summed E-state index contributed by atoms with van der Waals surface area (Å²) in [6.45, 7) is 11.8. The van der Waals surface area contributed by atoms with E-state index in [-0.39, 0.29) is 23.5 Å². The van der Waals surface area contributed by atoms with Gasteiger partial charge in [-0.05, 0) is 92.2 Å². The molecule has 13 heteroatoms. The Labute approximate surface area is 341 Å². The molecule has 0 radical (unpaired) electrons. The number of esters is 6. The summed E-state index contributed by atoms with van der Waals surface area (Å²) in [6, 6.07) is 12.0. The SMILES string of the molecule is C=C(C)C(=O)OCc1cc(-c2ccc(C3CCC(CCCCC)CC3)cc2CC)ccc1OCC(COC(=O)C(=C)C)(COC(=O)C(=O)OC)COC(=O)C(=O)OC. The molecule has 2 aromatic rings. The van der Waals surface area contributed by atoms with Crippen molar-refractivity contribution in [3.05, 3.63) is 77.4 Å². The van der Waals surface area contributed by atoms with Crippen molar-refractivity contribution in [3.63, 3.8) is 0 Å². The number of hydrogen-bond acceptors (Lipinski definition) is 13. The smallest absolute Gasteiger partial charge is 0.417 e. The molecule has 0 heterocycles. The fourth-order valence-corrected chi connectivity index (χ4v) is 6.72. The fourth-order valence-electron chi connectivity index (χ4n) is 6.72. The van der Waals surface area contributed by atoms with Crippen LogP contribution in [0, 0.1) is 11.3 Å². The topological polar surface area (TPSA) is 167 Å². The van der Waals surface area contributed by atoms with E-state index in [0.717, 1.165) is 37.7 Å². The quantitative estimate of drug-likeness (QED) is 0.0430. The maximum absolute atomic E-state index is 12.5. The highest BCUT2D eigenvalue weighted by atomic mass is 16.6. The van der Waals surface area contributed by atoms with Gasteiger partial charge in [0, 0.05) is 16.7 Å². The second-order valence-electron chi connectivity index (χ2n) is 14.9. The Hall–Kier alpha value is -5.46. The molecule has 1 fully saturated rings. The molecule has 2 aromatic carbocycles. The Balaban J connectivity index is 1.99. The summed E-state index contributed by atoms with van der Waals surface area (Å²) in [5, 5.41) is 0. The van der Waals surface area contributed by atoms with E-state index in [9.17, 15) is 28.8 Å². The van der Waals surface area contributed by atoms with Crippen LogP contribution in [0.1, 0.15) is 102 Å². The molecule has 0 atom stereocenters. The van der Waals surface area contributed by atoms with Crippen molar-refractivity contribution < 1.29 is 61.9 Å². The largest absolute Gasteiger partial charge is 0.492 e. The predicted molar refractivity (Wildman–Crippen MR) is 214 cm³/mol. The number of carbonyl (C=O) groups is 6. The average molecular weight is 807 g/mol. The molecule has 0 amide bonds. The molecule has 1 saturated carbocycles. The second-order valence-corrected chi connectivity index (χ2v) is 14.9. The van der Waals surface area contributed by atoms with Crippen LogP contribution in [-0.2, 0) is 70.2 Å². The normalized spacial score (nSPS) is 15.0. The molecule has 316 valence electrons. The lowest BCUT2D eigenvalue weighted by Crippen LogP contribution is -2.45. The summed E-state index contributed by atoms with van der Waals surface area (Å²) in [7, 11) is 1.97. The summed E-state index contributed by atoms with van der Waals surface area (Å²) in [5.41, 5.74) is 3.33. The number of hydrogen-bond donors (Lipinski definition) is 0. The predicted octanol–water partition coefficient (Wildman–Crippen LogP) is 7.31. The van der Waals surface area contributed by atoms with Gasteiger partial charge < -0.3 is 33.2 Å². The third kappa shape index (κ3) is 13.9. The van der Waals surface area contributed by atoms with Crippen LogP contribution >= 0.6 is 0 Å². The second kappa shape index (κ2) is 23.1. The minimum absolute atomic E-state index is 0.0369. The Kier molecular flexibility index (Phi) is 18.7. The van der Waals surface area contributed by atoms with E-state index in [2.05, 4.69) is 54.7 Å². The van der Waals surface area contributed by atoms with Gasteiger partial charge in [-0.25, -0.2) is 28.8 Å². The number of methoxy groups -OCH3 is 2. The molecule has 0 aromatic heterocycles. The fraction of sp³-hybridized carbons (Fsp3) is 0.511. The van der Waals surface area contributed by atoms with Gasteiger partial charge in [-0.15, -0.1) is 0 Å². The van der Waals surface area contributed by atoms with Gasteiger partial charge in [0.15, 0.2) is 0 Å². The van der Waals surface area contributed by atoms with Crippen LogP contribution < -0.4 is 4.74 Å². The van der Waals surface area contributed by atoms with E-state index < -0.39 is 67.7 Å². The van der Waals surface area contributed by atoms with Crippen LogP contribution in [0.2, 0.25) is 0 Å². The van der Waals surface area contributed by atoms with Gasteiger partial charge in [0.05, 0.1) is 14.2 Å². The van der Waals surface area contributed by atoms with Gasteiger partial charge in [0.2, 0.25) is 0 Å². The number of rotatable bonds is 20. The molecule has 1 aliphatic carbocycles. The zero-order valence-electron chi connectivity index (χ0n) is 34.7. The minimum atomic E-state index is -1.71. The van der Waals surface area contributed by atoms with Crippen LogP contribution in [-0.4, -0.2) is 76.5 Å². The van der Waals surface area contributed by atoms with E-state index in [1.807, 2.05) is 12.1 Å². The summed E-state index contributed by atoms with van der Waals surface area (Å²) in [6.07, 6.45) is 10.8. The summed E-state index contributed by atoms with van der Waals surface area (Å²) in [4.78, 5) is 73.6. The zero-order chi connectivity index (χ0) is 42.8. The van der Waals surface area contributed by atoms with Gasteiger partial charge in [0.1, 0.15) is 44.2 Å². The van der Waals surface area contributed by atoms with E-state index in [1.165, 1.54) is 76.3 Å². The van der Waals surface area contributed by atoms with Crippen molar-refractivity contribution >= 4 is 35.8 Å². The lowest BCUT2D eigenvalue weighted by atomic mass is 9.76. The minimum Gasteiger partial charge on any atom is -0.492 e. The highest BCUT2D eigenvalue weighted by Crippen LogP contribution is 2.40. The van der Waals surface area contributed by atoms with Gasteiger partial charge >= 0.3 is 35.8 Å². The van der Waals surface area contributed by atoms with Crippen LogP contribution in [0.4, 0.5) is 0 Å². The average Bonchev–Trinajstić information content (AvgIpc) is 3.24. The van der Waals surface area contributed by atoms with Gasteiger partial charge in [-0.1, -0.05) is 77.0 Å². The lowest BCUT2D eigenvalue weighted by Gasteiger charge is -2.32. The lowest BCUT2D eigenvalue weighted by molar-refractivity contribution is -0.177. The molecule has 1 aliphatic rings.